The first-order valence-corrected chi connectivity index (χ1v) is 7.65. The maximum Gasteiger partial charge on any atom is 0.275 e. The fourth-order valence-electron chi connectivity index (χ4n) is 2.23. The van der Waals surface area contributed by atoms with Gasteiger partial charge >= 0.3 is 0 Å². The zero-order valence-electron chi connectivity index (χ0n) is 11.8. The number of nitro benzene ring substituents is 1. The lowest BCUT2D eigenvalue weighted by molar-refractivity contribution is -0.385. The number of aryl methyl sites for hydroxylation is 1. The van der Waals surface area contributed by atoms with Gasteiger partial charge in [-0.1, -0.05) is 47.5 Å². The van der Waals surface area contributed by atoms with Gasteiger partial charge in [-0.05, 0) is 30.2 Å². The molecule has 21 heavy (non-hydrogen) atoms. The maximum atomic E-state index is 11.1. The average molecular weight is 349 g/mol. The Balaban J connectivity index is 2.19. The molecular formula is C16H17BrN2O2. The molecule has 110 valence electrons. The van der Waals surface area contributed by atoms with Crippen molar-refractivity contribution in [1.82, 2.24) is 0 Å². The standard InChI is InChI=1S/C16H17BrN2O2/c1-2-5-12-6-3-4-7-15(12)18-11-13-8-9-14(17)10-16(13)19(20)21/h3-4,6-10,18H,2,5,11H2,1H3. The molecular weight excluding hydrogens is 332 g/mol. The van der Waals surface area contributed by atoms with Gasteiger partial charge in [-0.3, -0.25) is 10.1 Å². The fourth-order valence-corrected chi connectivity index (χ4v) is 2.58. The van der Waals surface area contributed by atoms with E-state index in [1.54, 1.807) is 6.07 Å². The van der Waals surface area contributed by atoms with E-state index in [1.165, 1.54) is 11.6 Å². The molecule has 2 rings (SSSR count). The van der Waals surface area contributed by atoms with Gasteiger partial charge in [0.2, 0.25) is 0 Å². The first-order chi connectivity index (χ1) is 10.1. The summed E-state index contributed by atoms with van der Waals surface area (Å²) in [5.74, 6) is 0. The van der Waals surface area contributed by atoms with Crippen LogP contribution in [0.5, 0.6) is 0 Å². The summed E-state index contributed by atoms with van der Waals surface area (Å²) in [7, 11) is 0. The number of nitrogens with zero attached hydrogens (tertiary/aromatic N) is 1. The van der Waals surface area contributed by atoms with E-state index in [-0.39, 0.29) is 10.6 Å². The Labute approximate surface area is 132 Å². The van der Waals surface area contributed by atoms with Crippen molar-refractivity contribution >= 4 is 27.3 Å². The molecule has 0 heterocycles. The van der Waals surface area contributed by atoms with Crippen molar-refractivity contribution in [3.8, 4) is 0 Å². The highest BCUT2D eigenvalue weighted by molar-refractivity contribution is 9.10. The van der Waals surface area contributed by atoms with Crippen LogP contribution in [0.3, 0.4) is 0 Å². The number of hydrogen-bond acceptors (Lipinski definition) is 3. The summed E-state index contributed by atoms with van der Waals surface area (Å²) >= 11 is 3.27. The van der Waals surface area contributed by atoms with E-state index in [9.17, 15) is 10.1 Å². The highest BCUT2D eigenvalue weighted by Gasteiger charge is 2.14. The molecule has 0 atom stereocenters. The summed E-state index contributed by atoms with van der Waals surface area (Å²) in [4.78, 5) is 10.8. The van der Waals surface area contributed by atoms with Crippen molar-refractivity contribution in [2.75, 3.05) is 5.32 Å². The van der Waals surface area contributed by atoms with E-state index in [4.69, 9.17) is 0 Å². The number of para-hydroxylation sites is 1. The molecule has 2 aromatic carbocycles. The van der Waals surface area contributed by atoms with Crippen LogP contribution < -0.4 is 5.32 Å². The molecule has 0 saturated carbocycles. The van der Waals surface area contributed by atoms with Gasteiger partial charge in [0.15, 0.2) is 0 Å². The third kappa shape index (κ3) is 4.04. The third-order valence-electron chi connectivity index (χ3n) is 3.25. The second-order valence-electron chi connectivity index (χ2n) is 4.79. The molecule has 1 N–H and O–H groups in total. The summed E-state index contributed by atoms with van der Waals surface area (Å²) in [6.45, 7) is 2.57. The maximum absolute atomic E-state index is 11.1. The number of benzene rings is 2. The van der Waals surface area contributed by atoms with Crippen LogP contribution in [0.25, 0.3) is 0 Å². The van der Waals surface area contributed by atoms with E-state index >= 15 is 0 Å². The van der Waals surface area contributed by atoms with Gasteiger partial charge in [0.1, 0.15) is 0 Å². The molecule has 0 aliphatic rings. The van der Waals surface area contributed by atoms with Crippen molar-refractivity contribution in [2.24, 2.45) is 0 Å². The smallest absolute Gasteiger partial charge is 0.275 e. The number of nitro groups is 1. The molecule has 2 aromatic rings. The van der Waals surface area contributed by atoms with Crippen LogP contribution in [-0.2, 0) is 13.0 Å². The first kappa shape index (κ1) is 15.5. The molecule has 0 aliphatic carbocycles. The lowest BCUT2D eigenvalue weighted by Crippen LogP contribution is -2.05. The molecule has 0 bridgehead atoms. The molecule has 0 amide bonds. The molecule has 0 radical (unpaired) electrons. The van der Waals surface area contributed by atoms with Crippen LogP contribution in [0.15, 0.2) is 46.9 Å². The lowest BCUT2D eigenvalue weighted by atomic mass is 10.1. The van der Waals surface area contributed by atoms with Crippen LogP contribution >= 0.6 is 15.9 Å². The van der Waals surface area contributed by atoms with Crippen LogP contribution in [0.1, 0.15) is 24.5 Å². The Morgan fingerprint density at radius 2 is 1.95 bits per heavy atom. The van der Waals surface area contributed by atoms with E-state index in [1.807, 2.05) is 24.3 Å². The molecule has 4 nitrogen and oxygen atoms in total. The molecule has 0 aromatic heterocycles. The SMILES string of the molecule is CCCc1ccccc1NCc1ccc(Br)cc1[N+](=O)[O-]. The van der Waals surface area contributed by atoms with Crippen LogP contribution in [0.2, 0.25) is 0 Å². The van der Waals surface area contributed by atoms with Crippen LogP contribution in [0, 0.1) is 10.1 Å². The summed E-state index contributed by atoms with van der Waals surface area (Å²) < 4.78 is 0.712. The van der Waals surface area contributed by atoms with Crippen molar-refractivity contribution in [2.45, 2.75) is 26.3 Å². The molecule has 5 heteroatoms. The minimum absolute atomic E-state index is 0.129. The van der Waals surface area contributed by atoms with Gasteiger partial charge in [-0.15, -0.1) is 0 Å². The molecule has 0 aliphatic heterocycles. The summed E-state index contributed by atoms with van der Waals surface area (Å²) in [5, 5.41) is 14.4. The van der Waals surface area contributed by atoms with Crippen molar-refractivity contribution in [3.63, 3.8) is 0 Å². The quantitative estimate of drug-likeness (QED) is 0.595. The van der Waals surface area contributed by atoms with Gasteiger partial charge in [0.05, 0.1) is 4.92 Å². The van der Waals surface area contributed by atoms with Gasteiger partial charge in [0, 0.05) is 28.3 Å². The summed E-state index contributed by atoms with van der Waals surface area (Å²) in [6, 6.07) is 13.2. The van der Waals surface area contributed by atoms with Gasteiger partial charge in [-0.25, -0.2) is 0 Å². The van der Waals surface area contributed by atoms with E-state index in [0.717, 1.165) is 18.5 Å². The third-order valence-corrected chi connectivity index (χ3v) is 3.74. The zero-order chi connectivity index (χ0) is 15.2. The van der Waals surface area contributed by atoms with Gasteiger partial charge in [0.25, 0.3) is 5.69 Å². The van der Waals surface area contributed by atoms with Crippen LogP contribution in [-0.4, -0.2) is 4.92 Å². The van der Waals surface area contributed by atoms with E-state index < -0.39 is 0 Å². The highest BCUT2D eigenvalue weighted by atomic mass is 79.9. The topological polar surface area (TPSA) is 55.2 Å². The Morgan fingerprint density at radius 1 is 1.19 bits per heavy atom. The molecule has 0 fully saturated rings. The predicted octanol–water partition coefficient (Wildman–Crippen LogP) is 4.92. The Bertz CT molecular complexity index is 644. The monoisotopic (exact) mass is 348 g/mol. The number of halogens is 1. The first-order valence-electron chi connectivity index (χ1n) is 6.86. The Hall–Kier alpha value is -1.88. The molecule has 0 spiro atoms. The number of hydrogen-bond donors (Lipinski definition) is 1. The zero-order valence-corrected chi connectivity index (χ0v) is 13.4. The van der Waals surface area contributed by atoms with Crippen molar-refractivity contribution < 1.29 is 4.92 Å². The Kier molecular flexibility index (Phi) is 5.33. The largest absolute Gasteiger partial charge is 0.380 e. The minimum Gasteiger partial charge on any atom is -0.380 e. The summed E-state index contributed by atoms with van der Waals surface area (Å²) in [6.07, 6.45) is 2.06. The number of rotatable bonds is 6. The number of anilines is 1. The van der Waals surface area contributed by atoms with Crippen molar-refractivity contribution in [1.29, 1.82) is 0 Å². The second-order valence-corrected chi connectivity index (χ2v) is 5.71. The molecule has 0 saturated heterocycles. The van der Waals surface area contributed by atoms with E-state index in [0.29, 0.717) is 16.6 Å². The normalized spacial score (nSPS) is 10.4. The fraction of sp³-hybridized carbons (Fsp3) is 0.250. The van der Waals surface area contributed by atoms with Gasteiger partial charge in [-0.2, -0.15) is 0 Å². The second kappa shape index (κ2) is 7.22. The average Bonchev–Trinajstić information content (AvgIpc) is 2.47. The van der Waals surface area contributed by atoms with Crippen LogP contribution in [0.4, 0.5) is 11.4 Å². The molecule has 0 unspecified atom stereocenters. The lowest BCUT2D eigenvalue weighted by Gasteiger charge is -2.12. The predicted molar refractivity (Wildman–Crippen MR) is 88.6 cm³/mol. The van der Waals surface area contributed by atoms with E-state index in [2.05, 4.69) is 34.2 Å². The highest BCUT2D eigenvalue weighted by Crippen LogP contribution is 2.25. The minimum atomic E-state index is -0.347. The number of nitrogens with one attached hydrogen (secondary N) is 1. The summed E-state index contributed by atoms with van der Waals surface area (Å²) in [5.41, 5.74) is 3.08. The van der Waals surface area contributed by atoms with Gasteiger partial charge < -0.3 is 5.32 Å². The van der Waals surface area contributed by atoms with Crippen molar-refractivity contribution in [3.05, 3.63) is 68.2 Å². The Morgan fingerprint density at radius 3 is 2.67 bits per heavy atom.